The van der Waals surface area contributed by atoms with Gasteiger partial charge in [0.25, 0.3) is 0 Å². The summed E-state index contributed by atoms with van der Waals surface area (Å²) in [5, 5.41) is 9.22. The first-order chi connectivity index (χ1) is 15.8. The Balaban J connectivity index is 1.65. The molecule has 1 amide bonds. The number of nitrogens with zero attached hydrogens (tertiary/aromatic N) is 1. The lowest BCUT2D eigenvalue weighted by Gasteiger charge is -2.33. The minimum Gasteiger partial charge on any atom is -0.494 e. The third-order valence-electron chi connectivity index (χ3n) is 5.56. The van der Waals surface area contributed by atoms with Gasteiger partial charge in [0, 0.05) is 13.1 Å². The molecule has 1 saturated heterocycles. The van der Waals surface area contributed by atoms with Crippen molar-refractivity contribution in [2.45, 2.75) is 70.9 Å². The van der Waals surface area contributed by atoms with Gasteiger partial charge in [0.1, 0.15) is 17.4 Å². The van der Waals surface area contributed by atoms with E-state index in [0.29, 0.717) is 23.8 Å². The number of rotatable bonds is 11. The van der Waals surface area contributed by atoms with Gasteiger partial charge < -0.3 is 19.5 Å². The predicted octanol–water partition coefficient (Wildman–Crippen LogP) is 3.43. The molecule has 0 radical (unpaired) electrons. The molecular weight excluding hydrogens is 460 g/mol. The van der Waals surface area contributed by atoms with E-state index in [9.17, 15) is 23.1 Å². The van der Waals surface area contributed by atoms with Crippen molar-refractivity contribution < 1.29 is 32.6 Å². The van der Waals surface area contributed by atoms with Crippen molar-refractivity contribution in [2.75, 3.05) is 26.0 Å². The van der Waals surface area contributed by atoms with Crippen LogP contribution in [-0.4, -0.2) is 68.1 Å². The fourth-order valence-electron chi connectivity index (χ4n) is 3.85. The molecule has 1 aliphatic rings. The summed E-state index contributed by atoms with van der Waals surface area (Å²) in [6.07, 6.45) is 5.83. The SMILES string of the molecule is CC(C)(C)OC(=O)N1CCC(CCCCOc2ccc(C[C@H](NS(C)(=O)=O)C(=O)O)cc2)CC1. The molecule has 0 unspecified atom stereocenters. The number of sulfonamides is 1. The minimum atomic E-state index is -3.61. The van der Waals surface area contributed by atoms with Crippen molar-refractivity contribution in [2.24, 2.45) is 5.92 Å². The van der Waals surface area contributed by atoms with Gasteiger partial charge >= 0.3 is 12.1 Å². The first kappa shape index (κ1) is 27.9. The second-order valence-electron chi connectivity index (χ2n) is 9.88. The van der Waals surface area contributed by atoms with E-state index < -0.39 is 27.6 Å². The summed E-state index contributed by atoms with van der Waals surface area (Å²) < 4.78 is 36.0. The number of carboxylic acid groups (broad SMARTS) is 1. The van der Waals surface area contributed by atoms with Crippen LogP contribution in [0.2, 0.25) is 0 Å². The lowest BCUT2D eigenvalue weighted by molar-refractivity contribution is -0.138. The maximum atomic E-state index is 12.1. The molecule has 1 aliphatic heterocycles. The van der Waals surface area contributed by atoms with Crippen LogP contribution in [0.15, 0.2) is 24.3 Å². The molecule has 0 spiro atoms. The van der Waals surface area contributed by atoms with Crippen LogP contribution in [-0.2, 0) is 26.0 Å². The van der Waals surface area contributed by atoms with Gasteiger partial charge in [-0.25, -0.2) is 17.9 Å². The summed E-state index contributed by atoms with van der Waals surface area (Å²) in [7, 11) is -3.61. The number of unbranched alkanes of at least 4 members (excludes halogenated alkanes) is 1. The molecule has 9 nitrogen and oxygen atoms in total. The Bertz CT molecular complexity index is 902. The lowest BCUT2D eigenvalue weighted by Crippen LogP contribution is -2.41. The zero-order valence-electron chi connectivity index (χ0n) is 20.6. The first-order valence-electron chi connectivity index (χ1n) is 11.7. The fraction of sp³-hybridized carbons (Fsp3) is 0.667. The smallest absolute Gasteiger partial charge is 0.410 e. The Morgan fingerprint density at radius 1 is 1.15 bits per heavy atom. The number of benzene rings is 1. The van der Waals surface area contributed by atoms with Crippen molar-refractivity contribution in [3.05, 3.63) is 29.8 Å². The second kappa shape index (κ2) is 12.4. The van der Waals surface area contributed by atoms with E-state index in [4.69, 9.17) is 9.47 Å². The molecule has 1 heterocycles. The average Bonchev–Trinajstić information content (AvgIpc) is 2.72. The van der Waals surface area contributed by atoms with Crippen molar-refractivity contribution in [3.63, 3.8) is 0 Å². The molecule has 1 aromatic rings. The molecule has 0 saturated carbocycles. The van der Waals surface area contributed by atoms with Gasteiger partial charge in [0.15, 0.2) is 0 Å². The molecule has 0 bridgehead atoms. The first-order valence-corrected chi connectivity index (χ1v) is 13.6. The van der Waals surface area contributed by atoms with Gasteiger partial charge in [-0.3, -0.25) is 4.79 Å². The zero-order valence-corrected chi connectivity index (χ0v) is 21.4. The van der Waals surface area contributed by atoms with E-state index in [2.05, 4.69) is 4.72 Å². The molecular formula is C24H38N2O7S. The van der Waals surface area contributed by atoms with Crippen molar-refractivity contribution in [1.82, 2.24) is 9.62 Å². The van der Waals surface area contributed by atoms with Crippen LogP contribution < -0.4 is 9.46 Å². The van der Waals surface area contributed by atoms with E-state index in [1.807, 2.05) is 20.8 Å². The summed E-state index contributed by atoms with van der Waals surface area (Å²) in [6.45, 7) is 7.70. The predicted molar refractivity (Wildman–Crippen MR) is 129 cm³/mol. The number of carboxylic acids is 1. The number of aliphatic carboxylic acids is 1. The van der Waals surface area contributed by atoms with Crippen LogP contribution in [0.5, 0.6) is 5.75 Å². The average molecular weight is 499 g/mol. The van der Waals surface area contributed by atoms with Crippen molar-refractivity contribution in [3.8, 4) is 5.75 Å². The molecule has 1 atom stereocenters. The van der Waals surface area contributed by atoms with Crippen LogP contribution in [0.1, 0.15) is 58.4 Å². The summed E-state index contributed by atoms with van der Waals surface area (Å²) >= 11 is 0. The summed E-state index contributed by atoms with van der Waals surface area (Å²) in [4.78, 5) is 25.2. The monoisotopic (exact) mass is 498 g/mol. The number of carbonyl (C=O) groups excluding carboxylic acids is 1. The van der Waals surface area contributed by atoms with E-state index in [1.54, 1.807) is 29.2 Å². The quantitative estimate of drug-likeness (QED) is 0.448. The Morgan fingerprint density at radius 2 is 1.76 bits per heavy atom. The van der Waals surface area contributed by atoms with Gasteiger partial charge in [-0.2, -0.15) is 0 Å². The van der Waals surface area contributed by atoms with Gasteiger partial charge in [-0.05, 0) is 76.5 Å². The van der Waals surface area contributed by atoms with Gasteiger partial charge in [-0.15, -0.1) is 0 Å². The standard InChI is InChI=1S/C24H38N2O7S/c1-24(2,3)33-23(29)26-14-12-18(13-15-26)7-5-6-16-32-20-10-8-19(9-11-20)17-21(22(27)28)25-34(4,30)31/h8-11,18,21,25H,5-7,12-17H2,1-4H3,(H,27,28)/t21-/m0/s1. The van der Waals surface area contributed by atoms with Crippen LogP contribution in [0.3, 0.4) is 0 Å². The molecule has 1 fully saturated rings. The molecule has 34 heavy (non-hydrogen) atoms. The van der Waals surface area contributed by atoms with E-state index >= 15 is 0 Å². The van der Waals surface area contributed by atoms with Crippen LogP contribution in [0.4, 0.5) is 4.79 Å². The highest BCUT2D eigenvalue weighted by atomic mass is 32.2. The van der Waals surface area contributed by atoms with E-state index in [-0.39, 0.29) is 12.5 Å². The van der Waals surface area contributed by atoms with E-state index in [0.717, 1.165) is 51.4 Å². The Labute approximate surface area is 202 Å². The molecule has 192 valence electrons. The molecule has 0 aliphatic carbocycles. The second-order valence-corrected chi connectivity index (χ2v) is 11.7. The fourth-order valence-corrected chi connectivity index (χ4v) is 4.55. The van der Waals surface area contributed by atoms with Crippen LogP contribution >= 0.6 is 0 Å². The Kier molecular flexibility index (Phi) is 10.2. The number of hydrogen-bond donors (Lipinski definition) is 2. The van der Waals surface area contributed by atoms with Crippen molar-refractivity contribution in [1.29, 1.82) is 0 Å². The number of likely N-dealkylation sites (tertiary alicyclic amines) is 1. The number of amides is 1. The Hall–Kier alpha value is -2.33. The van der Waals surface area contributed by atoms with E-state index in [1.165, 1.54) is 0 Å². The molecule has 0 aromatic heterocycles. The molecule has 10 heteroatoms. The summed E-state index contributed by atoms with van der Waals surface area (Å²) in [5.41, 5.74) is 0.235. The number of carbonyl (C=O) groups is 2. The number of ether oxygens (including phenoxy) is 2. The summed E-state index contributed by atoms with van der Waals surface area (Å²) in [5.74, 6) is 0.0827. The van der Waals surface area contributed by atoms with Gasteiger partial charge in [0.05, 0.1) is 12.9 Å². The normalized spacial score (nSPS) is 16.2. The minimum absolute atomic E-state index is 0.0510. The maximum Gasteiger partial charge on any atom is 0.410 e. The van der Waals surface area contributed by atoms with Crippen LogP contribution in [0, 0.1) is 5.92 Å². The molecule has 2 N–H and O–H groups in total. The topological polar surface area (TPSA) is 122 Å². The lowest BCUT2D eigenvalue weighted by atomic mass is 9.92. The number of hydrogen-bond acceptors (Lipinski definition) is 6. The highest BCUT2D eigenvalue weighted by Crippen LogP contribution is 2.24. The third kappa shape index (κ3) is 10.7. The summed E-state index contributed by atoms with van der Waals surface area (Å²) in [6, 6.07) is 5.81. The number of nitrogens with one attached hydrogen (secondary N) is 1. The largest absolute Gasteiger partial charge is 0.494 e. The zero-order chi connectivity index (χ0) is 25.4. The third-order valence-corrected chi connectivity index (χ3v) is 6.27. The molecule has 1 aromatic carbocycles. The number of piperidine rings is 1. The maximum absolute atomic E-state index is 12.1. The Morgan fingerprint density at radius 3 is 2.29 bits per heavy atom. The van der Waals surface area contributed by atoms with Crippen molar-refractivity contribution >= 4 is 22.1 Å². The van der Waals surface area contributed by atoms with Gasteiger partial charge in [0.2, 0.25) is 10.0 Å². The molecule has 2 rings (SSSR count). The highest BCUT2D eigenvalue weighted by Gasteiger charge is 2.26. The van der Waals surface area contributed by atoms with Gasteiger partial charge in [-0.1, -0.05) is 18.6 Å². The van der Waals surface area contributed by atoms with Crippen LogP contribution in [0.25, 0.3) is 0 Å². The highest BCUT2D eigenvalue weighted by molar-refractivity contribution is 7.88.